The van der Waals surface area contributed by atoms with Crippen LogP contribution in [0.5, 0.6) is 0 Å². The number of hydrogen-bond donors (Lipinski definition) is 2. The van der Waals surface area contributed by atoms with Gasteiger partial charge in [-0.1, -0.05) is 6.92 Å². The van der Waals surface area contributed by atoms with Gasteiger partial charge in [-0.05, 0) is 38.8 Å². The number of carbonyl (C=O) groups is 1. The summed E-state index contributed by atoms with van der Waals surface area (Å²) in [5.74, 6) is 1.33. The van der Waals surface area contributed by atoms with Crippen molar-refractivity contribution >= 4 is 6.03 Å². The van der Waals surface area contributed by atoms with Gasteiger partial charge in [0.2, 0.25) is 0 Å². The zero-order valence-electron chi connectivity index (χ0n) is 13.8. The summed E-state index contributed by atoms with van der Waals surface area (Å²) in [4.78, 5) is 11.9. The van der Waals surface area contributed by atoms with E-state index in [1.807, 2.05) is 32.9 Å². The van der Waals surface area contributed by atoms with E-state index in [-0.39, 0.29) is 18.0 Å². The van der Waals surface area contributed by atoms with Crippen molar-refractivity contribution < 1.29 is 18.7 Å². The second kappa shape index (κ2) is 7.15. The van der Waals surface area contributed by atoms with Gasteiger partial charge < -0.3 is 24.5 Å². The molecule has 1 aliphatic rings. The molecule has 1 fully saturated rings. The average Bonchev–Trinajstić information content (AvgIpc) is 3.05. The summed E-state index contributed by atoms with van der Waals surface area (Å²) in [5, 5.41) is 5.74. The van der Waals surface area contributed by atoms with Crippen LogP contribution in [0.3, 0.4) is 0 Å². The highest BCUT2D eigenvalue weighted by Gasteiger charge is 2.32. The van der Waals surface area contributed by atoms with Crippen molar-refractivity contribution in [2.45, 2.75) is 45.9 Å². The summed E-state index contributed by atoms with van der Waals surface area (Å²) in [6.45, 7) is 9.62. The van der Waals surface area contributed by atoms with E-state index in [1.165, 1.54) is 0 Å². The summed E-state index contributed by atoms with van der Waals surface area (Å²) in [6, 6.07) is 3.39. The van der Waals surface area contributed by atoms with Crippen molar-refractivity contribution in [2.24, 2.45) is 5.92 Å². The molecule has 1 aromatic heterocycles. The van der Waals surface area contributed by atoms with Gasteiger partial charge in [0.25, 0.3) is 0 Å². The Kier molecular flexibility index (Phi) is 5.47. The SMILES string of the molecule is Cc1ccc([C@@H](C)NC(=O)NC[C@H](C)CC2(C)OCCO2)o1. The van der Waals surface area contributed by atoms with Crippen LogP contribution in [0.1, 0.15) is 44.8 Å². The van der Waals surface area contributed by atoms with Gasteiger partial charge in [0, 0.05) is 13.0 Å². The highest BCUT2D eigenvalue weighted by atomic mass is 16.7. The number of rotatable bonds is 6. The molecule has 2 rings (SSSR count). The van der Waals surface area contributed by atoms with Crippen LogP contribution < -0.4 is 10.6 Å². The van der Waals surface area contributed by atoms with E-state index < -0.39 is 5.79 Å². The summed E-state index contributed by atoms with van der Waals surface area (Å²) in [5.41, 5.74) is 0. The number of amides is 2. The van der Waals surface area contributed by atoms with Crippen LogP contribution in [0.4, 0.5) is 4.79 Å². The molecular formula is C16H26N2O4. The van der Waals surface area contributed by atoms with Gasteiger partial charge in [-0.25, -0.2) is 4.79 Å². The largest absolute Gasteiger partial charge is 0.464 e. The molecule has 0 spiro atoms. The van der Waals surface area contributed by atoms with Crippen LogP contribution >= 0.6 is 0 Å². The number of urea groups is 1. The van der Waals surface area contributed by atoms with Crippen LogP contribution in [0.2, 0.25) is 0 Å². The normalized spacial score (nSPS) is 19.6. The molecule has 0 saturated carbocycles. The van der Waals surface area contributed by atoms with Gasteiger partial charge in [0.15, 0.2) is 5.79 Å². The molecule has 0 aromatic carbocycles. The zero-order chi connectivity index (χ0) is 16.2. The minimum atomic E-state index is -0.517. The Labute approximate surface area is 131 Å². The van der Waals surface area contributed by atoms with Gasteiger partial charge in [0.1, 0.15) is 11.5 Å². The lowest BCUT2D eigenvalue weighted by Gasteiger charge is -2.26. The minimum absolute atomic E-state index is 0.164. The lowest BCUT2D eigenvalue weighted by molar-refractivity contribution is -0.153. The van der Waals surface area contributed by atoms with E-state index in [0.29, 0.717) is 19.8 Å². The smallest absolute Gasteiger partial charge is 0.315 e. The lowest BCUT2D eigenvalue weighted by Crippen LogP contribution is -2.40. The molecule has 0 aliphatic carbocycles. The number of nitrogens with one attached hydrogen (secondary N) is 2. The van der Waals surface area contributed by atoms with E-state index in [0.717, 1.165) is 17.9 Å². The maximum atomic E-state index is 11.9. The van der Waals surface area contributed by atoms with Crippen LogP contribution in [0, 0.1) is 12.8 Å². The summed E-state index contributed by atoms with van der Waals surface area (Å²) in [6.07, 6.45) is 0.750. The summed E-state index contributed by atoms with van der Waals surface area (Å²) < 4.78 is 16.7. The van der Waals surface area contributed by atoms with Crippen LogP contribution in [0.25, 0.3) is 0 Å². The first-order valence-electron chi connectivity index (χ1n) is 7.76. The van der Waals surface area contributed by atoms with Crippen molar-refractivity contribution in [3.05, 3.63) is 23.7 Å². The standard InChI is InChI=1S/C16H26N2O4/c1-11(9-16(4)20-7-8-21-16)10-17-15(19)18-13(3)14-6-5-12(2)22-14/h5-6,11,13H,7-10H2,1-4H3,(H2,17,18,19)/t11-,13-/m1/s1. The first-order chi connectivity index (χ1) is 10.4. The molecule has 1 aromatic rings. The third-order valence-corrected chi connectivity index (χ3v) is 3.76. The Morgan fingerprint density at radius 1 is 1.32 bits per heavy atom. The Balaban J connectivity index is 1.70. The lowest BCUT2D eigenvalue weighted by atomic mass is 10.0. The summed E-state index contributed by atoms with van der Waals surface area (Å²) >= 11 is 0. The fraction of sp³-hybridized carbons (Fsp3) is 0.688. The molecule has 6 heteroatoms. The topological polar surface area (TPSA) is 72.7 Å². The fourth-order valence-electron chi connectivity index (χ4n) is 2.65. The highest BCUT2D eigenvalue weighted by molar-refractivity contribution is 5.74. The maximum absolute atomic E-state index is 11.9. The molecule has 0 unspecified atom stereocenters. The molecule has 2 N–H and O–H groups in total. The molecule has 0 radical (unpaired) electrons. The van der Waals surface area contributed by atoms with Crippen molar-refractivity contribution in [2.75, 3.05) is 19.8 Å². The molecule has 1 aliphatic heterocycles. The third kappa shape index (κ3) is 4.74. The van der Waals surface area contributed by atoms with E-state index in [2.05, 4.69) is 17.6 Å². The Morgan fingerprint density at radius 2 is 2.00 bits per heavy atom. The van der Waals surface area contributed by atoms with Gasteiger partial charge in [0.05, 0.1) is 19.3 Å². The quantitative estimate of drug-likeness (QED) is 0.847. The third-order valence-electron chi connectivity index (χ3n) is 3.76. The zero-order valence-corrected chi connectivity index (χ0v) is 13.8. The first kappa shape index (κ1) is 16.8. The molecule has 1 saturated heterocycles. The van der Waals surface area contributed by atoms with Crippen molar-refractivity contribution in [3.8, 4) is 0 Å². The molecular weight excluding hydrogens is 284 g/mol. The van der Waals surface area contributed by atoms with Crippen molar-refractivity contribution in [1.82, 2.24) is 10.6 Å². The number of hydrogen-bond acceptors (Lipinski definition) is 4. The molecule has 124 valence electrons. The number of furan rings is 1. The average molecular weight is 310 g/mol. The number of ether oxygens (including phenoxy) is 2. The van der Waals surface area contributed by atoms with Crippen molar-refractivity contribution in [1.29, 1.82) is 0 Å². The minimum Gasteiger partial charge on any atom is -0.464 e. The second-order valence-corrected chi connectivity index (χ2v) is 6.16. The molecule has 2 amide bonds. The number of carbonyl (C=O) groups excluding carboxylic acids is 1. The fourth-order valence-corrected chi connectivity index (χ4v) is 2.65. The molecule has 22 heavy (non-hydrogen) atoms. The molecule has 0 bridgehead atoms. The Morgan fingerprint density at radius 3 is 2.59 bits per heavy atom. The van der Waals surface area contributed by atoms with Crippen LogP contribution in [-0.4, -0.2) is 31.6 Å². The first-order valence-corrected chi connectivity index (χ1v) is 7.76. The molecule has 2 atom stereocenters. The van der Waals surface area contributed by atoms with Crippen LogP contribution in [-0.2, 0) is 9.47 Å². The molecule has 2 heterocycles. The van der Waals surface area contributed by atoms with E-state index in [1.54, 1.807) is 0 Å². The maximum Gasteiger partial charge on any atom is 0.315 e. The Bertz CT molecular complexity index is 494. The van der Waals surface area contributed by atoms with E-state index >= 15 is 0 Å². The van der Waals surface area contributed by atoms with Gasteiger partial charge >= 0.3 is 6.03 Å². The molecule has 6 nitrogen and oxygen atoms in total. The van der Waals surface area contributed by atoms with Gasteiger partial charge in [-0.15, -0.1) is 0 Å². The highest BCUT2D eigenvalue weighted by Crippen LogP contribution is 2.26. The summed E-state index contributed by atoms with van der Waals surface area (Å²) in [7, 11) is 0. The van der Waals surface area contributed by atoms with Gasteiger partial charge in [-0.2, -0.15) is 0 Å². The predicted octanol–water partition coefficient (Wildman–Crippen LogP) is 2.74. The van der Waals surface area contributed by atoms with E-state index in [9.17, 15) is 4.79 Å². The van der Waals surface area contributed by atoms with E-state index in [4.69, 9.17) is 13.9 Å². The second-order valence-electron chi connectivity index (χ2n) is 6.16. The van der Waals surface area contributed by atoms with Gasteiger partial charge in [-0.3, -0.25) is 0 Å². The van der Waals surface area contributed by atoms with Crippen LogP contribution in [0.15, 0.2) is 16.5 Å². The Hall–Kier alpha value is -1.53. The predicted molar refractivity (Wildman–Crippen MR) is 82.5 cm³/mol. The van der Waals surface area contributed by atoms with Crippen molar-refractivity contribution in [3.63, 3.8) is 0 Å². The monoisotopic (exact) mass is 310 g/mol. The number of aryl methyl sites for hydroxylation is 1.